The highest BCUT2D eigenvalue weighted by Gasteiger charge is 2.48. The molecule has 78 valence electrons. The molecule has 2 aliphatic rings. The Morgan fingerprint density at radius 1 is 1.36 bits per heavy atom. The summed E-state index contributed by atoms with van der Waals surface area (Å²) in [4.78, 5) is 23.0. The molecule has 0 radical (unpaired) electrons. The monoisotopic (exact) mass is 195 g/mol. The van der Waals surface area contributed by atoms with E-state index in [2.05, 4.69) is 5.32 Å². The van der Waals surface area contributed by atoms with Crippen LogP contribution in [0.15, 0.2) is 0 Å². The van der Waals surface area contributed by atoms with Gasteiger partial charge in [0, 0.05) is 12.3 Å². The molecule has 0 bridgehead atoms. The fraction of sp³-hybridized carbons (Fsp3) is 0.818. The number of nitrogens with one attached hydrogen (secondary N) is 1. The third-order valence-electron chi connectivity index (χ3n) is 3.84. The van der Waals surface area contributed by atoms with Crippen molar-refractivity contribution in [3.05, 3.63) is 0 Å². The average molecular weight is 195 g/mol. The zero-order valence-corrected chi connectivity index (χ0v) is 8.64. The number of piperidine rings is 1. The second-order valence-corrected chi connectivity index (χ2v) is 4.62. The van der Waals surface area contributed by atoms with Gasteiger partial charge in [0.1, 0.15) is 0 Å². The van der Waals surface area contributed by atoms with Gasteiger partial charge in [-0.15, -0.1) is 0 Å². The highest BCUT2D eigenvalue weighted by Crippen LogP contribution is 2.49. The van der Waals surface area contributed by atoms with E-state index in [1.165, 1.54) is 12.8 Å². The van der Waals surface area contributed by atoms with Crippen molar-refractivity contribution in [2.24, 2.45) is 11.3 Å². The van der Waals surface area contributed by atoms with E-state index in [4.69, 9.17) is 0 Å². The van der Waals surface area contributed by atoms with Crippen LogP contribution in [0.1, 0.15) is 45.4 Å². The fourth-order valence-electron chi connectivity index (χ4n) is 3.21. The van der Waals surface area contributed by atoms with Crippen LogP contribution in [0.2, 0.25) is 0 Å². The summed E-state index contributed by atoms with van der Waals surface area (Å²) < 4.78 is 0. The lowest BCUT2D eigenvalue weighted by Crippen LogP contribution is -2.50. The summed E-state index contributed by atoms with van der Waals surface area (Å²) in [6.45, 7) is 2.04. The standard InChI is InChI=1S/C11H17NO2/c1-2-8-10(14)12-9(13)7-11(8)5-3-4-6-11/h8H,2-7H2,1H3,(H,12,13,14). The van der Waals surface area contributed by atoms with Crippen LogP contribution in [0.4, 0.5) is 0 Å². The first-order chi connectivity index (χ1) is 6.68. The quantitative estimate of drug-likeness (QED) is 0.646. The molecule has 3 heteroatoms. The molecule has 0 aromatic heterocycles. The van der Waals surface area contributed by atoms with Crippen LogP contribution in [0.3, 0.4) is 0 Å². The molecule has 1 aliphatic heterocycles. The van der Waals surface area contributed by atoms with Gasteiger partial charge in [0.05, 0.1) is 0 Å². The third-order valence-corrected chi connectivity index (χ3v) is 3.84. The van der Waals surface area contributed by atoms with E-state index in [1.807, 2.05) is 6.92 Å². The molecule has 1 atom stereocenters. The highest BCUT2D eigenvalue weighted by atomic mass is 16.2. The molecule has 1 heterocycles. The van der Waals surface area contributed by atoms with E-state index < -0.39 is 0 Å². The van der Waals surface area contributed by atoms with Crippen LogP contribution in [0.5, 0.6) is 0 Å². The Morgan fingerprint density at radius 2 is 2.00 bits per heavy atom. The SMILES string of the molecule is CCC1C(=O)NC(=O)CC12CCCC2. The zero-order chi connectivity index (χ0) is 10.2. The van der Waals surface area contributed by atoms with Gasteiger partial charge in [0.15, 0.2) is 0 Å². The molecular weight excluding hydrogens is 178 g/mol. The molecule has 2 amide bonds. The number of amides is 2. The summed E-state index contributed by atoms with van der Waals surface area (Å²) in [5.74, 6) is -0.0325. The van der Waals surface area contributed by atoms with Gasteiger partial charge in [-0.05, 0) is 24.7 Å². The van der Waals surface area contributed by atoms with Crippen molar-refractivity contribution in [2.75, 3.05) is 0 Å². The molecule has 14 heavy (non-hydrogen) atoms. The van der Waals surface area contributed by atoms with E-state index >= 15 is 0 Å². The summed E-state index contributed by atoms with van der Waals surface area (Å²) in [7, 11) is 0. The molecule has 1 saturated heterocycles. The molecule has 1 unspecified atom stereocenters. The maximum Gasteiger partial charge on any atom is 0.230 e. The van der Waals surface area contributed by atoms with Gasteiger partial charge in [0.2, 0.25) is 11.8 Å². The summed E-state index contributed by atoms with van der Waals surface area (Å²) in [6, 6.07) is 0. The van der Waals surface area contributed by atoms with Crippen LogP contribution >= 0.6 is 0 Å². The first-order valence-corrected chi connectivity index (χ1v) is 5.52. The van der Waals surface area contributed by atoms with Gasteiger partial charge in [-0.2, -0.15) is 0 Å². The fourth-order valence-corrected chi connectivity index (χ4v) is 3.21. The number of rotatable bonds is 1. The first-order valence-electron chi connectivity index (χ1n) is 5.52. The van der Waals surface area contributed by atoms with E-state index in [1.54, 1.807) is 0 Å². The van der Waals surface area contributed by atoms with Gasteiger partial charge in [0.25, 0.3) is 0 Å². The lowest BCUT2D eigenvalue weighted by molar-refractivity contribution is -0.143. The normalized spacial score (nSPS) is 30.8. The topological polar surface area (TPSA) is 46.2 Å². The maximum absolute atomic E-state index is 11.7. The summed E-state index contributed by atoms with van der Waals surface area (Å²) >= 11 is 0. The number of carbonyl (C=O) groups excluding carboxylic acids is 2. The van der Waals surface area contributed by atoms with Crippen molar-refractivity contribution in [1.82, 2.24) is 5.32 Å². The summed E-state index contributed by atoms with van der Waals surface area (Å²) in [5.41, 5.74) is 0.0220. The van der Waals surface area contributed by atoms with Gasteiger partial charge in [-0.25, -0.2) is 0 Å². The van der Waals surface area contributed by atoms with Crippen LogP contribution < -0.4 is 5.32 Å². The van der Waals surface area contributed by atoms with Crippen molar-refractivity contribution >= 4 is 11.8 Å². The number of imide groups is 1. The van der Waals surface area contributed by atoms with E-state index in [9.17, 15) is 9.59 Å². The van der Waals surface area contributed by atoms with Crippen molar-refractivity contribution in [3.8, 4) is 0 Å². The Hall–Kier alpha value is -0.860. The van der Waals surface area contributed by atoms with Gasteiger partial charge in [-0.3, -0.25) is 14.9 Å². The molecule has 0 aromatic carbocycles. The Kier molecular flexibility index (Phi) is 2.33. The van der Waals surface area contributed by atoms with Crippen LogP contribution in [-0.4, -0.2) is 11.8 Å². The number of hydrogen-bond donors (Lipinski definition) is 1. The Balaban J connectivity index is 2.26. The average Bonchev–Trinajstić information content (AvgIpc) is 2.53. The van der Waals surface area contributed by atoms with E-state index in [0.29, 0.717) is 6.42 Å². The number of carbonyl (C=O) groups is 2. The summed E-state index contributed by atoms with van der Waals surface area (Å²) in [6.07, 6.45) is 5.90. The van der Waals surface area contributed by atoms with Gasteiger partial charge < -0.3 is 0 Å². The van der Waals surface area contributed by atoms with Crippen LogP contribution in [0, 0.1) is 11.3 Å². The predicted molar refractivity (Wildman–Crippen MR) is 52.4 cm³/mol. The lowest BCUT2D eigenvalue weighted by Gasteiger charge is -2.39. The predicted octanol–water partition coefficient (Wildman–Crippen LogP) is 1.62. The third kappa shape index (κ3) is 1.35. The molecular formula is C11H17NO2. The molecule has 1 aliphatic carbocycles. The largest absolute Gasteiger partial charge is 0.296 e. The number of hydrogen-bond acceptors (Lipinski definition) is 2. The van der Waals surface area contributed by atoms with Crippen molar-refractivity contribution in [1.29, 1.82) is 0 Å². The first kappa shape index (κ1) is 9.69. The lowest BCUT2D eigenvalue weighted by atomic mass is 9.68. The Bertz CT molecular complexity index is 266. The van der Waals surface area contributed by atoms with Gasteiger partial charge >= 0.3 is 0 Å². The smallest absolute Gasteiger partial charge is 0.230 e. The van der Waals surface area contributed by atoms with E-state index in [-0.39, 0.29) is 23.1 Å². The molecule has 2 fully saturated rings. The summed E-state index contributed by atoms with van der Waals surface area (Å²) in [5, 5.41) is 2.45. The van der Waals surface area contributed by atoms with Crippen molar-refractivity contribution in [2.45, 2.75) is 45.4 Å². The van der Waals surface area contributed by atoms with Crippen molar-refractivity contribution < 1.29 is 9.59 Å². The Labute approximate surface area is 84.2 Å². The minimum atomic E-state index is -0.0680. The zero-order valence-electron chi connectivity index (χ0n) is 8.64. The second kappa shape index (κ2) is 3.37. The highest BCUT2D eigenvalue weighted by molar-refractivity contribution is 5.99. The molecule has 1 N–H and O–H groups in total. The van der Waals surface area contributed by atoms with E-state index in [0.717, 1.165) is 19.3 Å². The van der Waals surface area contributed by atoms with Crippen LogP contribution in [-0.2, 0) is 9.59 Å². The maximum atomic E-state index is 11.7. The minimum Gasteiger partial charge on any atom is -0.296 e. The Morgan fingerprint density at radius 3 is 2.57 bits per heavy atom. The molecule has 2 rings (SSSR count). The van der Waals surface area contributed by atoms with Crippen molar-refractivity contribution in [3.63, 3.8) is 0 Å². The molecule has 1 spiro atoms. The molecule has 0 aromatic rings. The van der Waals surface area contributed by atoms with Crippen LogP contribution in [0.25, 0.3) is 0 Å². The van der Waals surface area contributed by atoms with Gasteiger partial charge in [-0.1, -0.05) is 19.8 Å². The minimum absolute atomic E-state index is 0.0220. The molecule has 3 nitrogen and oxygen atoms in total. The second-order valence-electron chi connectivity index (χ2n) is 4.62. The molecule has 1 saturated carbocycles.